The molecule has 2 N–H and O–H groups in total. The largest absolute Gasteiger partial charge is 0.480 e. The number of carboxylic acid groups (broad SMARTS) is 1. The van der Waals surface area contributed by atoms with Gasteiger partial charge >= 0.3 is 12.0 Å². The zero-order valence-corrected chi connectivity index (χ0v) is 12.9. The molecule has 1 saturated carbocycles. The number of carboxylic acids is 1. The van der Waals surface area contributed by atoms with Crippen molar-refractivity contribution in [3.63, 3.8) is 0 Å². The zero-order chi connectivity index (χ0) is 14.1. The molecule has 0 aromatic heterocycles. The van der Waals surface area contributed by atoms with Crippen molar-refractivity contribution >= 4 is 35.5 Å². The summed E-state index contributed by atoms with van der Waals surface area (Å²) >= 11 is 3.49. The fourth-order valence-electron chi connectivity index (χ4n) is 2.82. The van der Waals surface area contributed by atoms with Crippen molar-refractivity contribution < 1.29 is 14.7 Å². The Balaban J connectivity index is 1.66. The number of nitrogens with one attached hydrogen (secondary N) is 1. The summed E-state index contributed by atoms with van der Waals surface area (Å²) in [5.41, 5.74) is 0. The Hall–Kier alpha value is -0.560. The normalized spacial score (nSPS) is 34.0. The molecule has 3 aliphatic rings. The highest BCUT2D eigenvalue weighted by Gasteiger charge is 2.48. The summed E-state index contributed by atoms with van der Waals surface area (Å²) in [7, 11) is 0. The van der Waals surface area contributed by atoms with Crippen LogP contribution in [0.4, 0.5) is 4.79 Å². The van der Waals surface area contributed by atoms with Gasteiger partial charge in [-0.15, -0.1) is 11.8 Å². The van der Waals surface area contributed by atoms with Gasteiger partial charge in [-0.2, -0.15) is 11.8 Å². The Labute approximate surface area is 127 Å². The average molecular weight is 316 g/mol. The van der Waals surface area contributed by atoms with Crippen molar-refractivity contribution in [1.82, 2.24) is 10.2 Å². The van der Waals surface area contributed by atoms with E-state index in [1.54, 1.807) is 16.7 Å². The van der Waals surface area contributed by atoms with Gasteiger partial charge in [-0.05, 0) is 37.4 Å². The first kappa shape index (κ1) is 14.4. The van der Waals surface area contributed by atoms with E-state index in [2.05, 4.69) is 5.32 Å². The van der Waals surface area contributed by atoms with E-state index >= 15 is 0 Å². The Morgan fingerprint density at radius 3 is 2.60 bits per heavy atom. The lowest BCUT2D eigenvalue weighted by Gasteiger charge is -2.31. The van der Waals surface area contributed by atoms with Crippen LogP contribution in [-0.2, 0) is 4.79 Å². The van der Waals surface area contributed by atoms with E-state index in [9.17, 15) is 14.7 Å². The van der Waals surface area contributed by atoms with Crippen LogP contribution < -0.4 is 5.32 Å². The van der Waals surface area contributed by atoms with Crippen LogP contribution in [0.3, 0.4) is 0 Å². The lowest BCUT2D eigenvalue weighted by atomic mass is 10.2. The van der Waals surface area contributed by atoms with Crippen LogP contribution in [0.15, 0.2) is 0 Å². The third-order valence-electron chi connectivity index (χ3n) is 4.07. The van der Waals surface area contributed by atoms with Crippen molar-refractivity contribution in [2.45, 2.75) is 43.1 Å². The molecule has 0 spiro atoms. The van der Waals surface area contributed by atoms with Crippen molar-refractivity contribution in [2.75, 3.05) is 17.3 Å². The molecular weight excluding hydrogens is 296 g/mol. The topological polar surface area (TPSA) is 69.6 Å². The van der Waals surface area contributed by atoms with E-state index in [4.69, 9.17) is 0 Å². The summed E-state index contributed by atoms with van der Waals surface area (Å²) < 4.78 is 0. The third-order valence-corrected chi connectivity index (χ3v) is 6.74. The number of rotatable bonds is 3. The molecule has 2 saturated heterocycles. The smallest absolute Gasteiger partial charge is 0.327 e. The number of carbonyl (C=O) groups excluding carboxylic acids is 1. The van der Waals surface area contributed by atoms with E-state index < -0.39 is 12.0 Å². The number of thioether (sulfide) groups is 2. The summed E-state index contributed by atoms with van der Waals surface area (Å²) in [4.78, 5) is 25.5. The van der Waals surface area contributed by atoms with E-state index in [1.165, 1.54) is 0 Å². The summed E-state index contributed by atoms with van der Waals surface area (Å²) in [6.07, 6.45) is 4.37. The quantitative estimate of drug-likeness (QED) is 0.831. The van der Waals surface area contributed by atoms with Crippen molar-refractivity contribution in [3.05, 3.63) is 0 Å². The Bertz CT molecular complexity index is 397. The van der Waals surface area contributed by atoms with Crippen LogP contribution in [-0.4, -0.2) is 56.7 Å². The van der Waals surface area contributed by atoms with Crippen LogP contribution >= 0.6 is 23.5 Å². The predicted octanol–water partition coefficient (Wildman–Crippen LogP) is 1.83. The number of carbonyl (C=O) groups is 2. The van der Waals surface area contributed by atoms with Crippen LogP contribution in [0.2, 0.25) is 0 Å². The number of aliphatic carboxylic acids is 1. The van der Waals surface area contributed by atoms with Gasteiger partial charge in [0, 0.05) is 17.5 Å². The van der Waals surface area contributed by atoms with E-state index in [0.29, 0.717) is 11.7 Å². The summed E-state index contributed by atoms with van der Waals surface area (Å²) in [6, 6.07) is -0.644. The highest BCUT2D eigenvalue weighted by Crippen LogP contribution is 2.45. The molecule has 0 aromatic carbocycles. The minimum Gasteiger partial charge on any atom is -0.480 e. The Morgan fingerprint density at radius 2 is 2.00 bits per heavy atom. The number of amides is 2. The molecule has 7 heteroatoms. The van der Waals surface area contributed by atoms with Gasteiger partial charge in [0.1, 0.15) is 6.04 Å². The Morgan fingerprint density at radius 1 is 1.20 bits per heavy atom. The third kappa shape index (κ3) is 3.03. The zero-order valence-electron chi connectivity index (χ0n) is 11.3. The summed E-state index contributed by atoms with van der Waals surface area (Å²) in [5, 5.41) is 12.4. The molecule has 1 aliphatic carbocycles. The highest BCUT2D eigenvalue weighted by atomic mass is 32.2. The molecule has 2 aliphatic heterocycles. The minimum atomic E-state index is -0.881. The molecule has 0 radical (unpaired) electrons. The summed E-state index contributed by atoms with van der Waals surface area (Å²) in [5.74, 6) is 2.24. The fourth-order valence-corrected chi connectivity index (χ4v) is 5.53. The van der Waals surface area contributed by atoms with Gasteiger partial charge in [0.2, 0.25) is 0 Å². The SMILES string of the molecule is O=C(O)C1CSC(C2CC2)N1C(=O)NC1CCCSC1. The molecule has 3 rings (SSSR count). The first-order chi connectivity index (χ1) is 9.66. The number of nitrogens with zero attached hydrogens (tertiary/aromatic N) is 1. The second kappa shape index (κ2) is 6.05. The molecule has 3 unspecified atom stereocenters. The van der Waals surface area contributed by atoms with Gasteiger partial charge < -0.3 is 10.4 Å². The van der Waals surface area contributed by atoms with Gasteiger partial charge in [-0.3, -0.25) is 4.90 Å². The second-order valence-corrected chi connectivity index (χ2v) is 7.99. The fraction of sp³-hybridized carbons (Fsp3) is 0.846. The molecule has 112 valence electrons. The molecule has 2 amide bonds. The monoisotopic (exact) mass is 316 g/mol. The molecule has 3 fully saturated rings. The van der Waals surface area contributed by atoms with E-state index in [0.717, 1.165) is 37.2 Å². The summed E-state index contributed by atoms with van der Waals surface area (Å²) in [6.45, 7) is 0. The van der Waals surface area contributed by atoms with Crippen molar-refractivity contribution in [2.24, 2.45) is 5.92 Å². The van der Waals surface area contributed by atoms with Crippen molar-refractivity contribution in [1.29, 1.82) is 0 Å². The van der Waals surface area contributed by atoms with Gasteiger partial charge in [0.05, 0.1) is 5.37 Å². The average Bonchev–Trinajstić information content (AvgIpc) is 3.17. The lowest BCUT2D eigenvalue weighted by Crippen LogP contribution is -2.53. The maximum Gasteiger partial charge on any atom is 0.327 e. The molecule has 0 aromatic rings. The highest BCUT2D eigenvalue weighted by molar-refractivity contribution is 8.00. The van der Waals surface area contributed by atoms with Gasteiger partial charge in [-0.1, -0.05) is 0 Å². The van der Waals surface area contributed by atoms with Crippen molar-refractivity contribution in [3.8, 4) is 0 Å². The predicted molar refractivity (Wildman–Crippen MR) is 81.1 cm³/mol. The van der Waals surface area contributed by atoms with E-state index in [-0.39, 0.29) is 17.4 Å². The molecule has 0 bridgehead atoms. The number of hydrogen-bond donors (Lipinski definition) is 2. The maximum atomic E-state index is 12.5. The van der Waals surface area contributed by atoms with E-state index in [1.807, 2.05) is 11.8 Å². The van der Waals surface area contributed by atoms with Gasteiger partial charge in [0.15, 0.2) is 0 Å². The first-order valence-corrected chi connectivity index (χ1v) is 9.38. The molecule has 2 heterocycles. The van der Waals surface area contributed by atoms with Crippen LogP contribution in [0.5, 0.6) is 0 Å². The first-order valence-electron chi connectivity index (χ1n) is 7.18. The second-order valence-electron chi connectivity index (χ2n) is 5.69. The van der Waals surface area contributed by atoms with Gasteiger partial charge in [-0.25, -0.2) is 9.59 Å². The lowest BCUT2D eigenvalue weighted by molar-refractivity contribution is -0.141. The molecular formula is C13H20N2O3S2. The molecule has 5 nitrogen and oxygen atoms in total. The van der Waals surface area contributed by atoms with Gasteiger partial charge in [0.25, 0.3) is 0 Å². The number of urea groups is 1. The minimum absolute atomic E-state index is 0.0624. The molecule has 3 atom stereocenters. The van der Waals surface area contributed by atoms with Crippen LogP contribution in [0, 0.1) is 5.92 Å². The van der Waals surface area contributed by atoms with Crippen LogP contribution in [0.1, 0.15) is 25.7 Å². The molecule has 20 heavy (non-hydrogen) atoms. The maximum absolute atomic E-state index is 12.5. The standard InChI is InChI=1S/C13H20N2O3S2/c16-12(17)10-7-20-11(8-3-4-8)15(10)13(18)14-9-2-1-5-19-6-9/h8-11H,1-7H2,(H,14,18)(H,16,17). The van der Waals surface area contributed by atoms with Crippen LogP contribution in [0.25, 0.3) is 0 Å². The number of hydrogen-bond acceptors (Lipinski definition) is 4. The Kier molecular flexibility index (Phi) is 4.35.